The lowest BCUT2D eigenvalue weighted by Gasteiger charge is -1.97. The molecular weight excluding hydrogens is 294 g/mol. The molecule has 0 saturated heterocycles. The van der Waals surface area contributed by atoms with E-state index in [0.717, 1.165) is 24.1 Å². The van der Waals surface area contributed by atoms with E-state index in [-0.39, 0.29) is 5.69 Å². The van der Waals surface area contributed by atoms with Crippen molar-refractivity contribution in [3.05, 3.63) is 52.3 Å². The Morgan fingerprint density at radius 3 is 2.61 bits per heavy atom. The van der Waals surface area contributed by atoms with Gasteiger partial charge in [0.2, 0.25) is 5.89 Å². The summed E-state index contributed by atoms with van der Waals surface area (Å²) in [5, 5.41) is 11.0. The highest BCUT2D eigenvalue weighted by Crippen LogP contribution is 2.30. The third kappa shape index (κ3) is 2.92. The summed E-state index contributed by atoms with van der Waals surface area (Å²) in [6.45, 7) is 5.03. The number of rotatable bonds is 5. The molecule has 3 rings (SSSR count). The number of non-ortho nitro benzene ring substituents is 1. The fourth-order valence-electron chi connectivity index (χ4n) is 2.58. The van der Waals surface area contributed by atoms with Crippen LogP contribution in [0.25, 0.3) is 22.6 Å². The summed E-state index contributed by atoms with van der Waals surface area (Å²) >= 11 is 0. The van der Waals surface area contributed by atoms with E-state index >= 15 is 0 Å². The maximum Gasteiger partial charge on any atom is 0.272 e. The molecule has 118 valence electrons. The van der Waals surface area contributed by atoms with Crippen LogP contribution in [0.1, 0.15) is 25.8 Å². The number of nitro benzene ring substituents is 1. The Labute approximate surface area is 133 Å². The van der Waals surface area contributed by atoms with Crippen molar-refractivity contribution >= 4 is 16.8 Å². The zero-order valence-corrected chi connectivity index (χ0v) is 13.2. The Bertz CT molecular complexity index is 853. The summed E-state index contributed by atoms with van der Waals surface area (Å²) in [4.78, 5) is 15.1. The standard InChI is InChI=1S/C17H18N3O3/c1-3-7-19-8-5-13(6-9-19)17-18-15-11-14(20(21)22)10-12(4-2)16(15)23-17/h5-6,8-11H,3-4,7H2,1-2H3/q+1. The maximum atomic E-state index is 11.0. The molecule has 6 nitrogen and oxygen atoms in total. The van der Waals surface area contributed by atoms with E-state index in [9.17, 15) is 10.1 Å². The summed E-state index contributed by atoms with van der Waals surface area (Å²) in [7, 11) is 0. The van der Waals surface area contributed by atoms with Gasteiger partial charge in [0.25, 0.3) is 5.69 Å². The lowest BCUT2D eigenvalue weighted by Crippen LogP contribution is -2.31. The number of aromatic nitrogens is 2. The van der Waals surface area contributed by atoms with Gasteiger partial charge in [-0.25, -0.2) is 9.55 Å². The van der Waals surface area contributed by atoms with Crippen molar-refractivity contribution in [3.8, 4) is 11.5 Å². The number of nitrogens with zero attached hydrogens (tertiary/aromatic N) is 3. The predicted octanol–water partition coefficient (Wildman–Crippen LogP) is 3.66. The average molecular weight is 312 g/mol. The van der Waals surface area contributed by atoms with Gasteiger partial charge >= 0.3 is 0 Å². The van der Waals surface area contributed by atoms with Crippen molar-refractivity contribution in [1.29, 1.82) is 0 Å². The third-order valence-electron chi connectivity index (χ3n) is 3.76. The number of aryl methyl sites for hydroxylation is 2. The number of fused-ring (bicyclic) bond motifs is 1. The number of oxazole rings is 1. The molecule has 3 aromatic rings. The monoisotopic (exact) mass is 312 g/mol. The summed E-state index contributed by atoms with van der Waals surface area (Å²) in [5.74, 6) is 0.485. The van der Waals surface area contributed by atoms with Gasteiger partial charge in [-0.1, -0.05) is 13.8 Å². The summed E-state index contributed by atoms with van der Waals surface area (Å²) in [6, 6.07) is 6.90. The normalized spacial score (nSPS) is 11.0. The van der Waals surface area contributed by atoms with Gasteiger partial charge < -0.3 is 4.42 Å². The molecule has 0 aliphatic heterocycles. The van der Waals surface area contributed by atoms with E-state index in [1.54, 1.807) is 6.07 Å². The number of hydrogen-bond acceptors (Lipinski definition) is 4. The van der Waals surface area contributed by atoms with Crippen LogP contribution < -0.4 is 4.57 Å². The Morgan fingerprint density at radius 2 is 2.00 bits per heavy atom. The molecule has 0 amide bonds. The Morgan fingerprint density at radius 1 is 1.26 bits per heavy atom. The molecule has 0 saturated carbocycles. The number of nitro groups is 1. The highest BCUT2D eigenvalue weighted by atomic mass is 16.6. The lowest BCUT2D eigenvalue weighted by atomic mass is 10.1. The van der Waals surface area contributed by atoms with Crippen molar-refractivity contribution in [1.82, 2.24) is 4.98 Å². The summed E-state index contributed by atoms with van der Waals surface area (Å²) in [6.07, 6.45) is 5.68. The summed E-state index contributed by atoms with van der Waals surface area (Å²) in [5.41, 5.74) is 2.85. The first-order chi connectivity index (χ1) is 11.1. The Balaban J connectivity index is 2.06. The fourth-order valence-corrected chi connectivity index (χ4v) is 2.58. The first kappa shape index (κ1) is 15.1. The highest BCUT2D eigenvalue weighted by molar-refractivity contribution is 5.82. The zero-order valence-electron chi connectivity index (χ0n) is 13.2. The van der Waals surface area contributed by atoms with Crippen LogP contribution in [-0.4, -0.2) is 9.91 Å². The topological polar surface area (TPSA) is 73.0 Å². The van der Waals surface area contributed by atoms with Crippen molar-refractivity contribution in [2.75, 3.05) is 0 Å². The molecule has 0 unspecified atom stereocenters. The second-order valence-electron chi connectivity index (χ2n) is 5.41. The fraction of sp³-hybridized carbons (Fsp3) is 0.294. The van der Waals surface area contributed by atoms with Gasteiger partial charge in [-0.3, -0.25) is 10.1 Å². The molecule has 0 fully saturated rings. The van der Waals surface area contributed by atoms with Gasteiger partial charge in [-0.2, -0.15) is 0 Å². The first-order valence-corrected chi connectivity index (χ1v) is 7.69. The molecule has 0 atom stereocenters. The van der Waals surface area contributed by atoms with Crippen LogP contribution in [0.5, 0.6) is 0 Å². The second kappa shape index (κ2) is 6.16. The van der Waals surface area contributed by atoms with Gasteiger partial charge in [-0.15, -0.1) is 0 Å². The molecule has 2 heterocycles. The average Bonchev–Trinajstić information content (AvgIpc) is 2.99. The first-order valence-electron chi connectivity index (χ1n) is 7.69. The minimum absolute atomic E-state index is 0.0445. The largest absolute Gasteiger partial charge is 0.436 e. The van der Waals surface area contributed by atoms with Crippen LogP contribution in [0.3, 0.4) is 0 Å². The minimum Gasteiger partial charge on any atom is -0.436 e. The molecule has 0 spiro atoms. The van der Waals surface area contributed by atoms with E-state index in [1.165, 1.54) is 6.07 Å². The lowest BCUT2D eigenvalue weighted by molar-refractivity contribution is -0.696. The Kier molecular flexibility index (Phi) is 4.06. The molecule has 0 bridgehead atoms. The second-order valence-corrected chi connectivity index (χ2v) is 5.41. The van der Waals surface area contributed by atoms with Gasteiger partial charge in [-0.05, 0) is 6.42 Å². The van der Waals surface area contributed by atoms with E-state index in [2.05, 4.69) is 16.5 Å². The molecule has 2 aromatic heterocycles. The Hall–Kier alpha value is -2.76. The number of hydrogen-bond donors (Lipinski definition) is 0. The zero-order chi connectivity index (χ0) is 16.4. The van der Waals surface area contributed by atoms with Crippen LogP contribution in [0.2, 0.25) is 0 Å². The van der Waals surface area contributed by atoms with Crippen molar-refractivity contribution in [3.63, 3.8) is 0 Å². The summed E-state index contributed by atoms with van der Waals surface area (Å²) < 4.78 is 7.96. The third-order valence-corrected chi connectivity index (χ3v) is 3.76. The minimum atomic E-state index is -0.400. The van der Waals surface area contributed by atoms with Crippen LogP contribution in [0.4, 0.5) is 5.69 Å². The molecule has 0 aliphatic carbocycles. The molecule has 0 aliphatic rings. The molecule has 0 N–H and O–H groups in total. The van der Waals surface area contributed by atoms with Gasteiger partial charge in [0.1, 0.15) is 12.1 Å². The van der Waals surface area contributed by atoms with E-state index in [0.29, 0.717) is 23.4 Å². The SMILES string of the molecule is CCC[n+]1ccc(-c2nc3cc([N+](=O)[O-])cc(CC)c3o2)cc1. The van der Waals surface area contributed by atoms with Crippen LogP contribution in [0.15, 0.2) is 41.1 Å². The molecular formula is C17H18N3O3+. The molecule has 6 heteroatoms. The van der Waals surface area contributed by atoms with Crippen molar-refractivity contribution < 1.29 is 13.9 Å². The van der Waals surface area contributed by atoms with Crippen LogP contribution in [0, 0.1) is 10.1 Å². The molecule has 1 aromatic carbocycles. The van der Waals surface area contributed by atoms with Crippen molar-refractivity contribution in [2.45, 2.75) is 33.2 Å². The molecule has 23 heavy (non-hydrogen) atoms. The van der Waals surface area contributed by atoms with E-state index in [4.69, 9.17) is 4.42 Å². The highest BCUT2D eigenvalue weighted by Gasteiger charge is 2.17. The number of benzene rings is 1. The van der Waals surface area contributed by atoms with Gasteiger partial charge in [0.05, 0.1) is 4.92 Å². The molecule has 0 radical (unpaired) electrons. The van der Waals surface area contributed by atoms with E-state index in [1.807, 2.05) is 31.5 Å². The van der Waals surface area contributed by atoms with Gasteiger partial charge in [0, 0.05) is 41.8 Å². The van der Waals surface area contributed by atoms with Gasteiger partial charge in [0.15, 0.2) is 18.0 Å². The van der Waals surface area contributed by atoms with E-state index < -0.39 is 4.92 Å². The van der Waals surface area contributed by atoms with Crippen molar-refractivity contribution in [2.24, 2.45) is 0 Å². The maximum absolute atomic E-state index is 11.0. The quantitative estimate of drug-likeness (QED) is 0.409. The predicted molar refractivity (Wildman–Crippen MR) is 86.0 cm³/mol. The van der Waals surface area contributed by atoms with Crippen LogP contribution in [-0.2, 0) is 13.0 Å². The number of pyridine rings is 1. The van der Waals surface area contributed by atoms with Crippen LogP contribution >= 0.6 is 0 Å². The smallest absolute Gasteiger partial charge is 0.272 e.